The van der Waals surface area contributed by atoms with Gasteiger partial charge in [-0.1, -0.05) is 27.2 Å². The molecule has 0 aromatic rings. The molecular formula is C8H19N. The first-order valence-corrected chi connectivity index (χ1v) is 3.97. The Hall–Kier alpha value is -0.0400. The van der Waals surface area contributed by atoms with Crippen LogP contribution in [-0.4, -0.2) is 5.54 Å². The second-order valence-corrected chi connectivity index (χ2v) is 2.82. The van der Waals surface area contributed by atoms with E-state index in [1.165, 1.54) is 12.8 Å². The van der Waals surface area contributed by atoms with Crippen LogP contribution in [0.4, 0.5) is 0 Å². The lowest BCUT2D eigenvalue weighted by Gasteiger charge is -2.25. The van der Waals surface area contributed by atoms with Crippen molar-refractivity contribution in [2.75, 3.05) is 0 Å². The van der Waals surface area contributed by atoms with Crippen molar-refractivity contribution in [1.29, 1.82) is 0 Å². The monoisotopic (exact) mass is 129 g/mol. The van der Waals surface area contributed by atoms with Gasteiger partial charge in [0.25, 0.3) is 0 Å². The van der Waals surface area contributed by atoms with Crippen LogP contribution in [0.15, 0.2) is 0 Å². The Kier molecular flexibility index (Phi) is 3.87. The van der Waals surface area contributed by atoms with E-state index in [9.17, 15) is 0 Å². The SMILES string of the molecule is CCCC(N)(CC)CC. The summed E-state index contributed by atoms with van der Waals surface area (Å²) in [5, 5.41) is 0. The Morgan fingerprint density at radius 3 is 1.67 bits per heavy atom. The molecule has 0 bridgehead atoms. The molecule has 9 heavy (non-hydrogen) atoms. The van der Waals surface area contributed by atoms with Crippen molar-refractivity contribution >= 4 is 0 Å². The van der Waals surface area contributed by atoms with Crippen LogP contribution in [0.2, 0.25) is 0 Å². The van der Waals surface area contributed by atoms with Gasteiger partial charge >= 0.3 is 0 Å². The summed E-state index contributed by atoms with van der Waals surface area (Å²) in [4.78, 5) is 0. The highest BCUT2D eigenvalue weighted by Crippen LogP contribution is 2.16. The predicted octanol–water partition coefficient (Wildman–Crippen LogP) is 2.30. The molecule has 0 fully saturated rings. The molecule has 1 heteroatoms. The summed E-state index contributed by atoms with van der Waals surface area (Å²) in [5.41, 5.74) is 6.14. The molecule has 0 aliphatic rings. The number of hydrogen-bond acceptors (Lipinski definition) is 1. The van der Waals surface area contributed by atoms with Gasteiger partial charge in [-0.05, 0) is 19.3 Å². The van der Waals surface area contributed by atoms with E-state index in [-0.39, 0.29) is 5.54 Å². The average molecular weight is 129 g/mol. The van der Waals surface area contributed by atoms with Gasteiger partial charge in [-0.2, -0.15) is 0 Å². The van der Waals surface area contributed by atoms with Crippen molar-refractivity contribution in [3.63, 3.8) is 0 Å². The third-order valence-corrected chi connectivity index (χ3v) is 2.16. The lowest BCUT2D eigenvalue weighted by atomic mass is 9.89. The highest BCUT2D eigenvalue weighted by atomic mass is 14.7. The Labute approximate surface area is 58.6 Å². The number of rotatable bonds is 4. The normalized spacial score (nSPS) is 12.0. The van der Waals surface area contributed by atoms with E-state index in [0.29, 0.717) is 0 Å². The average Bonchev–Trinajstić information content (AvgIpc) is 1.89. The van der Waals surface area contributed by atoms with E-state index in [0.717, 1.165) is 12.8 Å². The molecule has 0 aliphatic carbocycles. The van der Waals surface area contributed by atoms with Crippen molar-refractivity contribution in [2.45, 2.75) is 52.0 Å². The van der Waals surface area contributed by atoms with Crippen LogP contribution in [0.5, 0.6) is 0 Å². The smallest absolute Gasteiger partial charge is 0.0149 e. The van der Waals surface area contributed by atoms with E-state index in [1.54, 1.807) is 0 Å². The van der Waals surface area contributed by atoms with Crippen molar-refractivity contribution in [2.24, 2.45) is 5.73 Å². The molecule has 0 spiro atoms. The second kappa shape index (κ2) is 3.89. The molecule has 0 aliphatic heterocycles. The molecule has 0 radical (unpaired) electrons. The molecule has 56 valence electrons. The van der Waals surface area contributed by atoms with Crippen LogP contribution in [-0.2, 0) is 0 Å². The summed E-state index contributed by atoms with van der Waals surface area (Å²) < 4.78 is 0. The van der Waals surface area contributed by atoms with Crippen LogP contribution in [0.25, 0.3) is 0 Å². The molecule has 0 unspecified atom stereocenters. The van der Waals surface area contributed by atoms with Gasteiger partial charge in [-0.15, -0.1) is 0 Å². The van der Waals surface area contributed by atoms with Crippen molar-refractivity contribution in [3.05, 3.63) is 0 Å². The van der Waals surface area contributed by atoms with Crippen LogP contribution in [0.3, 0.4) is 0 Å². The Morgan fingerprint density at radius 2 is 1.56 bits per heavy atom. The van der Waals surface area contributed by atoms with Crippen LogP contribution in [0.1, 0.15) is 46.5 Å². The van der Waals surface area contributed by atoms with Gasteiger partial charge in [-0.25, -0.2) is 0 Å². The molecule has 1 nitrogen and oxygen atoms in total. The summed E-state index contributed by atoms with van der Waals surface area (Å²) in [6.07, 6.45) is 4.59. The van der Waals surface area contributed by atoms with Gasteiger partial charge in [-0.3, -0.25) is 0 Å². The van der Waals surface area contributed by atoms with Gasteiger partial charge in [0, 0.05) is 5.54 Å². The number of hydrogen-bond donors (Lipinski definition) is 1. The van der Waals surface area contributed by atoms with Gasteiger partial charge in [0.05, 0.1) is 0 Å². The second-order valence-electron chi connectivity index (χ2n) is 2.82. The molecule has 0 aromatic heterocycles. The Balaban J connectivity index is 3.62. The van der Waals surface area contributed by atoms with Gasteiger partial charge in [0.1, 0.15) is 0 Å². The lowest BCUT2D eigenvalue weighted by Crippen LogP contribution is -2.37. The van der Waals surface area contributed by atoms with Crippen LogP contribution >= 0.6 is 0 Å². The Bertz CT molecular complexity index is 65.0. The minimum atomic E-state index is 0.134. The topological polar surface area (TPSA) is 26.0 Å². The fourth-order valence-corrected chi connectivity index (χ4v) is 1.10. The van der Waals surface area contributed by atoms with Gasteiger partial charge in [0.15, 0.2) is 0 Å². The van der Waals surface area contributed by atoms with Crippen molar-refractivity contribution in [3.8, 4) is 0 Å². The van der Waals surface area contributed by atoms with E-state index >= 15 is 0 Å². The molecular weight excluding hydrogens is 110 g/mol. The first-order chi connectivity index (χ1) is 4.18. The fourth-order valence-electron chi connectivity index (χ4n) is 1.10. The molecule has 0 saturated carbocycles. The van der Waals surface area contributed by atoms with E-state index in [1.807, 2.05) is 0 Å². The third kappa shape index (κ3) is 2.85. The molecule has 0 amide bonds. The van der Waals surface area contributed by atoms with Gasteiger partial charge in [0.2, 0.25) is 0 Å². The maximum Gasteiger partial charge on any atom is 0.0149 e. The molecule has 0 rings (SSSR count). The first kappa shape index (κ1) is 8.96. The lowest BCUT2D eigenvalue weighted by molar-refractivity contribution is 0.363. The fraction of sp³-hybridized carbons (Fsp3) is 1.00. The van der Waals surface area contributed by atoms with E-state index in [4.69, 9.17) is 5.73 Å². The third-order valence-electron chi connectivity index (χ3n) is 2.16. The summed E-state index contributed by atoms with van der Waals surface area (Å²) in [5.74, 6) is 0. The Morgan fingerprint density at radius 1 is 1.11 bits per heavy atom. The zero-order valence-corrected chi connectivity index (χ0v) is 6.91. The number of nitrogens with two attached hydrogens (primary N) is 1. The summed E-state index contributed by atoms with van der Waals surface area (Å²) in [6, 6.07) is 0. The summed E-state index contributed by atoms with van der Waals surface area (Å²) in [6.45, 7) is 6.52. The zero-order valence-electron chi connectivity index (χ0n) is 6.91. The molecule has 0 atom stereocenters. The summed E-state index contributed by atoms with van der Waals surface area (Å²) in [7, 11) is 0. The van der Waals surface area contributed by atoms with E-state index in [2.05, 4.69) is 20.8 Å². The quantitative estimate of drug-likeness (QED) is 0.619. The molecule has 0 aromatic carbocycles. The maximum absolute atomic E-state index is 6.01. The summed E-state index contributed by atoms with van der Waals surface area (Å²) >= 11 is 0. The maximum atomic E-state index is 6.01. The zero-order chi connectivity index (χ0) is 7.33. The first-order valence-electron chi connectivity index (χ1n) is 3.97. The minimum absolute atomic E-state index is 0.134. The van der Waals surface area contributed by atoms with E-state index < -0.39 is 0 Å². The minimum Gasteiger partial charge on any atom is -0.325 e. The molecule has 0 saturated heterocycles. The highest BCUT2D eigenvalue weighted by molar-refractivity contribution is 4.79. The van der Waals surface area contributed by atoms with Crippen molar-refractivity contribution in [1.82, 2.24) is 0 Å². The highest BCUT2D eigenvalue weighted by Gasteiger charge is 2.17. The van der Waals surface area contributed by atoms with Gasteiger partial charge < -0.3 is 5.73 Å². The predicted molar refractivity (Wildman–Crippen MR) is 42.4 cm³/mol. The standard InChI is InChI=1S/C8H19N/c1-4-7-8(9,5-2)6-3/h4-7,9H2,1-3H3. The molecule has 0 heterocycles. The van der Waals surface area contributed by atoms with Crippen LogP contribution in [0, 0.1) is 0 Å². The molecule has 2 N–H and O–H groups in total. The largest absolute Gasteiger partial charge is 0.325 e. The van der Waals surface area contributed by atoms with Crippen molar-refractivity contribution < 1.29 is 0 Å². The van der Waals surface area contributed by atoms with Crippen LogP contribution < -0.4 is 5.73 Å².